The molecule has 1 heterocycles. The molecule has 0 aliphatic heterocycles. The minimum atomic E-state index is 0.572. The van der Waals surface area contributed by atoms with Crippen LogP contribution in [0.4, 0.5) is 5.82 Å². The van der Waals surface area contributed by atoms with Crippen LogP contribution >= 0.6 is 0 Å². The van der Waals surface area contributed by atoms with Crippen molar-refractivity contribution in [3.05, 3.63) is 41.1 Å². The van der Waals surface area contributed by atoms with Gasteiger partial charge in [0.1, 0.15) is 5.82 Å². The summed E-state index contributed by atoms with van der Waals surface area (Å²) >= 11 is 0. The molecule has 5 nitrogen and oxygen atoms in total. The van der Waals surface area contributed by atoms with Gasteiger partial charge < -0.3 is 10.2 Å². The second-order valence-corrected chi connectivity index (χ2v) is 4.60. The lowest BCUT2D eigenvalue weighted by atomic mass is 10.1. The lowest BCUT2D eigenvalue weighted by Crippen LogP contribution is -2.13. The van der Waals surface area contributed by atoms with Gasteiger partial charge in [-0.3, -0.25) is 0 Å². The topological polar surface area (TPSA) is 73.1 Å². The SMILES string of the molecule is CCc1nc(-c2cccc(COC)c2)nc(NN)c1C. The zero-order valence-electron chi connectivity index (χ0n) is 12.1. The van der Waals surface area contributed by atoms with Gasteiger partial charge >= 0.3 is 0 Å². The molecule has 2 rings (SSSR count). The zero-order chi connectivity index (χ0) is 14.5. The van der Waals surface area contributed by atoms with Crippen molar-refractivity contribution in [1.82, 2.24) is 9.97 Å². The molecular weight excluding hydrogens is 252 g/mol. The van der Waals surface area contributed by atoms with Crippen molar-refractivity contribution < 1.29 is 4.74 Å². The number of hydrazine groups is 1. The molecule has 0 saturated heterocycles. The van der Waals surface area contributed by atoms with Crippen LogP contribution in [0.25, 0.3) is 11.4 Å². The number of methoxy groups -OCH3 is 1. The summed E-state index contributed by atoms with van der Waals surface area (Å²) in [5.74, 6) is 6.89. The van der Waals surface area contributed by atoms with Gasteiger partial charge in [0.2, 0.25) is 0 Å². The smallest absolute Gasteiger partial charge is 0.161 e. The fourth-order valence-electron chi connectivity index (χ4n) is 2.14. The molecule has 0 saturated carbocycles. The van der Waals surface area contributed by atoms with Crippen LogP contribution in [0.5, 0.6) is 0 Å². The van der Waals surface area contributed by atoms with E-state index in [1.165, 1.54) is 0 Å². The standard InChI is InChI=1S/C15H20N4O/c1-4-13-10(2)14(19-16)18-15(17-13)12-7-5-6-11(8-12)9-20-3/h5-8H,4,9,16H2,1-3H3,(H,17,18,19). The van der Waals surface area contributed by atoms with E-state index in [2.05, 4.69) is 22.3 Å². The van der Waals surface area contributed by atoms with Gasteiger partial charge in [0, 0.05) is 23.9 Å². The van der Waals surface area contributed by atoms with E-state index in [-0.39, 0.29) is 0 Å². The van der Waals surface area contributed by atoms with Crippen molar-refractivity contribution in [2.75, 3.05) is 12.5 Å². The number of rotatable bonds is 5. The molecule has 0 aliphatic rings. The summed E-state index contributed by atoms with van der Waals surface area (Å²) in [7, 11) is 1.68. The number of nitrogens with zero attached hydrogens (tertiary/aromatic N) is 2. The van der Waals surface area contributed by atoms with E-state index < -0.39 is 0 Å². The van der Waals surface area contributed by atoms with Crippen molar-refractivity contribution in [2.45, 2.75) is 26.9 Å². The Balaban J connectivity index is 2.49. The van der Waals surface area contributed by atoms with Crippen molar-refractivity contribution in [3.63, 3.8) is 0 Å². The monoisotopic (exact) mass is 272 g/mol. The molecule has 1 aromatic carbocycles. The third-order valence-corrected chi connectivity index (χ3v) is 3.21. The van der Waals surface area contributed by atoms with Crippen LogP contribution < -0.4 is 11.3 Å². The van der Waals surface area contributed by atoms with E-state index in [0.717, 1.165) is 28.8 Å². The van der Waals surface area contributed by atoms with E-state index in [1.54, 1.807) is 7.11 Å². The van der Waals surface area contributed by atoms with Crippen molar-refractivity contribution in [1.29, 1.82) is 0 Å². The molecule has 0 radical (unpaired) electrons. The van der Waals surface area contributed by atoms with Crippen molar-refractivity contribution >= 4 is 5.82 Å². The Morgan fingerprint density at radius 3 is 2.75 bits per heavy atom. The largest absolute Gasteiger partial charge is 0.380 e. The number of benzene rings is 1. The van der Waals surface area contributed by atoms with Crippen LogP contribution in [0.2, 0.25) is 0 Å². The van der Waals surface area contributed by atoms with Gasteiger partial charge in [0.15, 0.2) is 5.82 Å². The highest BCUT2D eigenvalue weighted by molar-refractivity contribution is 5.60. The molecule has 1 aromatic heterocycles. The third kappa shape index (κ3) is 2.95. The maximum atomic E-state index is 5.54. The van der Waals surface area contributed by atoms with Crippen molar-refractivity contribution in [3.8, 4) is 11.4 Å². The number of hydrogen-bond acceptors (Lipinski definition) is 5. The quantitative estimate of drug-likeness (QED) is 0.646. The Morgan fingerprint density at radius 1 is 1.30 bits per heavy atom. The van der Waals surface area contributed by atoms with Crippen LogP contribution in [0.3, 0.4) is 0 Å². The first kappa shape index (κ1) is 14.4. The summed E-state index contributed by atoms with van der Waals surface area (Å²) in [6, 6.07) is 8.02. The van der Waals surface area contributed by atoms with Gasteiger partial charge in [-0.1, -0.05) is 25.1 Å². The molecular formula is C15H20N4O. The summed E-state index contributed by atoms with van der Waals surface area (Å²) in [5.41, 5.74) is 6.69. The number of aryl methyl sites for hydroxylation is 1. The molecule has 0 fully saturated rings. The van der Waals surface area contributed by atoms with Crippen LogP contribution in [-0.2, 0) is 17.8 Å². The highest BCUT2D eigenvalue weighted by Gasteiger charge is 2.10. The van der Waals surface area contributed by atoms with E-state index in [0.29, 0.717) is 18.2 Å². The number of nitrogens with two attached hydrogens (primary N) is 1. The summed E-state index contributed by atoms with van der Waals surface area (Å²) in [4.78, 5) is 9.11. The molecule has 0 bridgehead atoms. The van der Waals surface area contributed by atoms with Gasteiger partial charge in [-0.15, -0.1) is 0 Å². The molecule has 5 heteroatoms. The number of nitrogen functional groups attached to an aromatic ring is 1. The molecule has 0 aliphatic carbocycles. The second-order valence-electron chi connectivity index (χ2n) is 4.60. The molecule has 0 unspecified atom stereocenters. The zero-order valence-corrected chi connectivity index (χ0v) is 12.1. The van der Waals surface area contributed by atoms with E-state index in [9.17, 15) is 0 Å². The molecule has 2 aromatic rings. The first-order valence-electron chi connectivity index (χ1n) is 6.62. The van der Waals surface area contributed by atoms with Crippen LogP contribution in [-0.4, -0.2) is 17.1 Å². The predicted molar refractivity (Wildman–Crippen MR) is 80.1 cm³/mol. The summed E-state index contributed by atoms with van der Waals surface area (Å²) in [6.45, 7) is 4.61. The molecule has 0 spiro atoms. The fraction of sp³-hybridized carbons (Fsp3) is 0.333. The van der Waals surface area contributed by atoms with Crippen LogP contribution in [0, 0.1) is 6.92 Å². The average molecular weight is 272 g/mol. The molecule has 106 valence electrons. The lowest BCUT2D eigenvalue weighted by molar-refractivity contribution is 0.185. The molecule has 20 heavy (non-hydrogen) atoms. The number of ether oxygens (including phenoxy) is 1. The van der Waals surface area contributed by atoms with Gasteiger partial charge in [0.25, 0.3) is 0 Å². The first-order chi connectivity index (χ1) is 9.69. The highest BCUT2D eigenvalue weighted by atomic mass is 16.5. The van der Waals surface area contributed by atoms with Crippen LogP contribution in [0.1, 0.15) is 23.7 Å². The summed E-state index contributed by atoms with van der Waals surface area (Å²) in [6.07, 6.45) is 0.841. The predicted octanol–water partition coefficient (Wildman–Crippen LogP) is 2.45. The van der Waals surface area contributed by atoms with E-state index in [4.69, 9.17) is 10.6 Å². The van der Waals surface area contributed by atoms with Gasteiger partial charge in [0.05, 0.1) is 6.61 Å². The summed E-state index contributed by atoms with van der Waals surface area (Å²) < 4.78 is 5.15. The number of anilines is 1. The van der Waals surface area contributed by atoms with Gasteiger partial charge in [-0.05, 0) is 25.0 Å². The minimum absolute atomic E-state index is 0.572. The highest BCUT2D eigenvalue weighted by Crippen LogP contribution is 2.22. The minimum Gasteiger partial charge on any atom is -0.380 e. The average Bonchev–Trinajstić information content (AvgIpc) is 2.48. The number of hydrogen-bond donors (Lipinski definition) is 2. The van der Waals surface area contributed by atoms with E-state index in [1.807, 2.05) is 31.2 Å². The first-order valence-corrected chi connectivity index (χ1v) is 6.62. The lowest BCUT2D eigenvalue weighted by Gasteiger charge is -2.11. The number of nitrogens with one attached hydrogen (secondary N) is 1. The Labute approximate surface area is 119 Å². The molecule has 0 amide bonds. The maximum Gasteiger partial charge on any atom is 0.161 e. The Bertz CT molecular complexity index is 573. The summed E-state index contributed by atoms with van der Waals surface area (Å²) in [5, 5.41) is 0. The van der Waals surface area contributed by atoms with Crippen LogP contribution in [0.15, 0.2) is 24.3 Å². The van der Waals surface area contributed by atoms with E-state index >= 15 is 0 Å². The second kappa shape index (κ2) is 6.45. The van der Waals surface area contributed by atoms with Gasteiger partial charge in [-0.2, -0.15) is 0 Å². The third-order valence-electron chi connectivity index (χ3n) is 3.21. The Kier molecular flexibility index (Phi) is 4.65. The Hall–Kier alpha value is -1.98. The normalized spacial score (nSPS) is 10.6. The van der Waals surface area contributed by atoms with Crippen molar-refractivity contribution in [2.24, 2.45) is 5.84 Å². The molecule has 0 atom stereocenters. The van der Waals surface area contributed by atoms with Gasteiger partial charge in [-0.25, -0.2) is 15.8 Å². The Morgan fingerprint density at radius 2 is 2.10 bits per heavy atom. The maximum absolute atomic E-state index is 5.54. The molecule has 3 N–H and O–H groups in total. The number of aromatic nitrogens is 2. The fourth-order valence-corrected chi connectivity index (χ4v) is 2.14.